The van der Waals surface area contributed by atoms with E-state index in [1.165, 1.54) is 11.1 Å². The van der Waals surface area contributed by atoms with Gasteiger partial charge < -0.3 is 41.4 Å². The average molecular weight is 789 g/mol. The monoisotopic (exact) mass is 788 g/mol. The zero-order valence-electron chi connectivity index (χ0n) is 32.1. The van der Waals surface area contributed by atoms with Gasteiger partial charge >= 0.3 is 0 Å². The van der Waals surface area contributed by atoms with Crippen molar-refractivity contribution in [1.29, 1.82) is 0 Å². The molecule has 1 unspecified atom stereocenters. The van der Waals surface area contributed by atoms with Gasteiger partial charge in [0.2, 0.25) is 0 Å². The highest BCUT2D eigenvalue weighted by Gasteiger charge is 2.33. The molecule has 2 aliphatic heterocycles. The summed E-state index contributed by atoms with van der Waals surface area (Å²) >= 11 is 3.34. The molecule has 0 bridgehead atoms. The van der Waals surface area contributed by atoms with Crippen LogP contribution in [0.15, 0.2) is 48.8 Å². The molecule has 2 saturated heterocycles. The van der Waals surface area contributed by atoms with Gasteiger partial charge in [-0.15, -0.1) is 22.7 Å². The van der Waals surface area contributed by atoms with Gasteiger partial charge in [-0.25, -0.2) is 14.6 Å². The first kappa shape index (κ1) is 38.9. The Bertz CT molecular complexity index is 2190. The standard InChI is InChI=1S/C24H33N5O2S.C15H19N5O2S/c1-23(2,3)28-20-12-16(25-13-24(4)14-30-15-24)22-17(27-20)11-19(32-22)18-8-9-26-29(18)21-7-5-6-10-31-21;1-15(7-21,8-22)6-17-10-5-13(16)19-11-4-12(23-14(10)11)9-2-3-18-20-9/h8-9,11-12,21H,5-7,10,13-15H2,1-4H3,(H2,25,27,28);2-5,21-22H,6-8H2,1H3,(H,18,20)(H3,16,17,19). The molecule has 0 spiro atoms. The van der Waals surface area contributed by atoms with E-state index in [0.29, 0.717) is 12.4 Å². The number of nitrogens with one attached hydrogen (secondary N) is 4. The van der Waals surface area contributed by atoms with E-state index < -0.39 is 5.41 Å². The van der Waals surface area contributed by atoms with Crippen molar-refractivity contribution in [2.45, 2.75) is 65.6 Å². The third kappa shape index (κ3) is 9.06. The average Bonchev–Trinajstić information content (AvgIpc) is 3.98. The first-order valence-corrected chi connectivity index (χ1v) is 20.3. The van der Waals surface area contributed by atoms with Crippen molar-refractivity contribution in [2.24, 2.45) is 10.8 Å². The van der Waals surface area contributed by atoms with E-state index in [-0.39, 0.29) is 30.4 Å². The van der Waals surface area contributed by atoms with Crippen LogP contribution in [0, 0.1) is 10.8 Å². The summed E-state index contributed by atoms with van der Waals surface area (Å²) in [5, 5.41) is 40.8. The number of nitrogens with two attached hydrogens (primary N) is 1. The molecule has 8 heterocycles. The lowest BCUT2D eigenvalue weighted by Gasteiger charge is -2.38. The van der Waals surface area contributed by atoms with Crippen molar-refractivity contribution in [2.75, 3.05) is 67.8 Å². The van der Waals surface area contributed by atoms with Crippen LogP contribution in [0.2, 0.25) is 0 Å². The number of H-pyrrole nitrogens is 1. The highest BCUT2D eigenvalue weighted by molar-refractivity contribution is 7.23. The number of aromatic nitrogens is 6. The molecule has 16 heteroatoms. The van der Waals surface area contributed by atoms with Gasteiger partial charge in [-0.2, -0.15) is 10.2 Å². The number of hydrogen-bond donors (Lipinski definition) is 7. The molecule has 294 valence electrons. The molecule has 2 aliphatic rings. The van der Waals surface area contributed by atoms with Crippen LogP contribution in [0.4, 0.5) is 23.0 Å². The van der Waals surface area contributed by atoms with Gasteiger partial charge in [-0.3, -0.25) is 5.10 Å². The molecular formula is C39H52N10O4S2. The second-order valence-corrected chi connectivity index (χ2v) is 18.4. The molecule has 0 aromatic carbocycles. The lowest BCUT2D eigenvalue weighted by atomic mass is 9.89. The summed E-state index contributed by atoms with van der Waals surface area (Å²) in [6.45, 7) is 14.0. The van der Waals surface area contributed by atoms with E-state index in [0.717, 1.165) is 93.3 Å². The number of ether oxygens (including phenoxy) is 2. The first-order valence-electron chi connectivity index (χ1n) is 18.7. The van der Waals surface area contributed by atoms with E-state index in [1.54, 1.807) is 34.9 Å². The quantitative estimate of drug-likeness (QED) is 0.0661. The van der Waals surface area contributed by atoms with Crippen molar-refractivity contribution in [3.05, 3.63) is 48.8 Å². The van der Waals surface area contributed by atoms with Crippen molar-refractivity contribution < 1.29 is 19.7 Å². The Kier molecular flexibility index (Phi) is 11.4. The molecule has 0 saturated carbocycles. The van der Waals surface area contributed by atoms with Crippen molar-refractivity contribution in [1.82, 2.24) is 29.9 Å². The van der Waals surface area contributed by atoms with Crippen molar-refractivity contribution in [3.63, 3.8) is 0 Å². The van der Waals surface area contributed by atoms with Gasteiger partial charge in [0.1, 0.15) is 11.6 Å². The van der Waals surface area contributed by atoms with Crippen molar-refractivity contribution >= 4 is 66.1 Å². The summed E-state index contributed by atoms with van der Waals surface area (Å²) in [4.78, 5) is 11.5. The number of nitrogen functional groups attached to an aromatic ring is 1. The number of thiophene rings is 2. The summed E-state index contributed by atoms with van der Waals surface area (Å²) < 4.78 is 15.6. The van der Waals surface area contributed by atoms with Gasteiger partial charge in [0.25, 0.3) is 0 Å². The van der Waals surface area contributed by atoms with Crippen LogP contribution in [0.25, 0.3) is 41.6 Å². The number of anilines is 4. The van der Waals surface area contributed by atoms with Gasteiger partial charge in [0, 0.05) is 60.6 Å². The van der Waals surface area contributed by atoms with E-state index >= 15 is 0 Å². The SMILES string of the molecule is CC(CO)(CO)CNc1cc(N)nc2cc(-c3ccn[nH]3)sc12.CC1(CNc2cc(NC(C)(C)C)nc3cc(-c4ccnn4C4CCCCO4)sc23)COC1. The maximum absolute atomic E-state index is 9.41. The minimum atomic E-state index is -0.603. The summed E-state index contributed by atoms with van der Waals surface area (Å²) in [5.74, 6) is 1.31. The Morgan fingerprint density at radius 1 is 0.945 bits per heavy atom. The predicted molar refractivity (Wildman–Crippen MR) is 223 cm³/mol. The largest absolute Gasteiger partial charge is 0.396 e. The number of aromatic amines is 1. The Balaban J connectivity index is 0.000000179. The zero-order valence-corrected chi connectivity index (χ0v) is 33.7. The molecule has 6 aromatic heterocycles. The minimum Gasteiger partial charge on any atom is -0.396 e. The molecular weight excluding hydrogens is 737 g/mol. The van der Waals surface area contributed by atoms with Crippen molar-refractivity contribution in [3.8, 4) is 21.1 Å². The number of aliphatic hydroxyl groups excluding tert-OH is 2. The smallest absolute Gasteiger partial charge is 0.150 e. The van der Waals surface area contributed by atoms with Crippen LogP contribution in [0.3, 0.4) is 0 Å². The highest BCUT2D eigenvalue weighted by Crippen LogP contribution is 2.41. The fourth-order valence-corrected chi connectivity index (χ4v) is 8.59. The van der Waals surface area contributed by atoms with Gasteiger partial charge in [-0.05, 0) is 64.3 Å². The third-order valence-corrected chi connectivity index (χ3v) is 12.0. The van der Waals surface area contributed by atoms with Crippen LogP contribution in [-0.4, -0.2) is 91.8 Å². The van der Waals surface area contributed by atoms with Crippen LogP contribution in [0.5, 0.6) is 0 Å². The van der Waals surface area contributed by atoms with E-state index in [9.17, 15) is 10.2 Å². The number of hydrogen-bond acceptors (Lipinski definition) is 14. The summed E-state index contributed by atoms with van der Waals surface area (Å²) in [6, 6.07) is 12.0. The van der Waals surface area contributed by atoms with Gasteiger partial charge in [-0.1, -0.05) is 13.8 Å². The van der Waals surface area contributed by atoms with E-state index in [4.69, 9.17) is 20.2 Å². The first-order chi connectivity index (χ1) is 26.3. The molecule has 8 N–H and O–H groups in total. The fraction of sp³-hybridized carbons (Fsp3) is 0.487. The number of nitrogens with zero attached hydrogens (tertiary/aromatic N) is 5. The second kappa shape index (κ2) is 16.0. The van der Waals surface area contributed by atoms with Gasteiger partial charge in [0.15, 0.2) is 6.23 Å². The lowest BCUT2D eigenvalue weighted by Crippen LogP contribution is -2.45. The zero-order chi connectivity index (χ0) is 38.8. The topological polar surface area (TPSA) is 193 Å². The lowest BCUT2D eigenvalue weighted by molar-refractivity contribution is -0.0924. The molecule has 8 rings (SSSR count). The number of pyridine rings is 2. The van der Waals surface area contributed by atoms with E-state index in [1.807, 2.05) is 29.9 Å². The molecule has 0 amide bonds. The minimum absolute atomic E-state index is 0.0150. The normalized spacial score (nSPS) is 17.1. The van der Waals surface area contributed by atoms with E-state index in [2.05, 4.69) is 82.1 Å². The second-order valence-electron chi connectivity index (χ2n) is 16.3. The van der Waals surface area contributed by atoms with Gasteiger partial charge in [0.05, 0.1) is 79.4 Å². The molecule has 6 aromatic rings. The molecule has 2 fully saturated rings. The Labute approximate surface area is 328 Å². The molecule has 14 nitrogen and oxygen atoms in total. The molecule has 1 atom stereocenters. The maximum atomic E-state index is 9.41. The summed E-state index contributed by atoms with van der Waals surface area (Å²) in [7, 11) is 0. The third-order valence-electron chi connectivity index (χ3n) is 9.67. The molecule has 0 radical (unpaired) electrons. The summed E-state index contributed by atoms with van der Waals surface area (Å²) in [5.41, 5.74) is 11.2. The maximum Gasteiger partial charge on any atom is 0.150 e. The fourth-order valence-electron chi connectivity index (χ4n) is 6.41. The highest BCUT2D eigenvalue weighted by atomic mass is 32.1. The van der Waals surface area contributed by atoms with Crippen LogP contribution >= 0.6 is 22.7 Å². The number of aliphatic hydroxyl groups is 2. The number of rotatable bonds is 12. The summed E-state index contributed by atoms with van der Waals surface area (Å²) in [6.07, 6.45) is 6.90. The molecule has 0 aliphatic carbocycles. The Morgan fingerprint density at radius 3 is 2.33 bits per heavy atom. The van der Waals surface area contributed by atoms with Crippen LogP contribution < -0.4 is 21.7 Å². The molecule has 55 heavy (non-hydrogen) atoms. The van der Waals surface area contributed by atoms with Crippen LogP contribution in [0.1, 0.15) is 60.1 Å². The number of fused-ring (bicyclic) bond motifs is 2. The Morgan fingerprint density at radius 2 is 1.67 bits per heavy atom. The predicted octanol–water partition coefficient (Wildman–Crippen LogP) is 7.19. The Hall–Kier alpha value is -4.32. The van der Waals surface area contributed by atoms with Crippen LogP contribution in [-0.2, 0) is 9.47 Å².